The summed E-state index contributed by atoms with van der Waals surface area (Å²) in [5.41, 5.74) is 6.40. The van der Waals surface area contributed by atoms with Crippen molar-refractivity contribution in [2.75, 3.05) is 0 Å². The van der Waals surface area contributed by atoms with Crippen molar-refractivity contribution in [1.82, 2.24) is 15.5 Å². The topological polar surface area (TPSA) is 111 Å². The Morgan fingerprint density at radius 2 is 1.71 bits per heavy atom. The maximum atomic E-state index is 14.2. The molecule has 2 amide bonds. The second kappa shape index (κ2) is 9.92. The average molecular weight is 428 g/mol. The lowest BCUT2D eigenvalue weighted by Gasteiger charge is -2.18. The summed E-state index contributed by atoms with van der Waals surface area (Å²) in [6, 6.07) is 16.3. The van der Waals surface area contributed by atoms with Gasteiger partial charge in [-0.1, -0.05) is 53.7 Å². The molecule has 3 rings (SSSR count). The second-order valence-corrected chi connectivity index (χ2v) is 7.13. The van der Waals surface area contributed by atoms with E-state index in [2.05, 4.69) is 15.5 Å². The van der Waals surface area contributed by atoms with Crippen LogP contribution in [0.3, 0.4) is 0 Å². The summed E-state index contributed by atoms with van der Waals surface area (Å²) in [5, 5.41) is 6.31. The fourth-order valence-electron chi connectivity index (χ4n) is 3.03. The molecule has 0 unspecified atom stereocenters. The van der Waals surface area contributed by atoms with Crippen LogP contribution < -0.4 is 11.1 Å². The molecule has 162 valence electrons. The molecule has 2 aromatic carbocycles. The number of nitrogens with one attached hydrogen (secondary N) is 1. The van der Waals surface area contributed by atoms with E-state index in [0.717, 1.165) is 0 Å². The average Bonchev–Trinajstić information content (AvgIpc) is 3.23. The Labute approximate surface area is 177 Å². The van der Waals surface area contributed by atoms with Gasteiger partial charge in [0, 0.05) is 24.8 Å². The number of benzene rings is 2. The van der Waals surface area contributed by atoms with Crippen molar-refractivity contribution in [2.45, 2.75) is 37.6 Å². The number of nitrogens with zero attached hydrogens (tertiary/aromatic N) is 2. The molecule has 9 heteroatoms. The van der Waals surface area contributed by atoms with E-state index in [0.29, 0.717) is 11.1 Å². The zero-order valence-corrected chi connectivity index (χ0v) is 16.6. The van der Waals surface area contributed by atoms with Crippen LogP contribution in [0, 0.1) is 0 Å². The van der Waals surface area contributed by atoms with Crippen LogP contribution in [0.2, 0.25) is 0 Å². The minimum atomic E-state index is -3.05. The van der Waals surface area contributed by atoms with Gasteiger partial charge in [0.25, 0.3) is 11.8 Å². The Hall–Kier alpha value is -3.62. The highest BCUT2D eigenvalue weighted by molar-refractivity contribution is 5.79. The first-order valence-electron chi connectivity index (χ1n) is 9.71. The van der Waals surface area contributed by atoms with E-state index in [1.165, 1.54) is 0 Å². The first kappa shape index (κ1) is 22.1. The quantitative estimate of drug-likeness (QED) is 0.514. The smallest absolute Gasteiger partial charge is 0.257 e. The van der Waals surface area contributed by atoms with Crippen LogP contribution in [-0.4, -0.2) is 27.9 Å². The molecule has 0 saturated carbocycles. The van der Waals surface area contributed by atoms with E-state index < -0.39 is 43.0 Å². The molecule has 1 aromatic heterocycles. The minimum absolute atomic E-state index is 0.0436. The van der Waals surface area contributed by atoms with Crippen molar-refractivity contribution in [1.29, 1.82) is 0 Å². The predicted molar refractivity (Wildman–Crippen MR) is 109 cm³/mol. The number of halogens is 2. The van der Waals surface area contributed by atoms with Gasteiger partial charge in [0.15, 0.2) is 5.82 Å². The first-order valence-corrected chi connectivity index (χ1v) is 9.71. The molecule has 0 bridgehead atoms. The lowest BCUT2D eigenvalue weighted by Crippen LogP contribution is -2.33. The summed E-state index contributed by atoms with van der Waals surface area (Å²) in [6.07, 6.45) is -1.83. The first-order chi connectivity index (χ1) is 14.8. The molecule has 31 heavy (non-hydrogen) atoms. The van der Waals surface area contributed by atoms with E-state index in [9.17, 15) is 18.4 Å². The number of alkyl halides is 2. The van der Waals surface area contributed by atoms with Gasteiger partial charge in [-0.25, -0.2) is 8.78 Å². The molecule has 0 spiro atoms. The van der Waals surface area contributed by atoms with Crippen LogP contribution in [0.15, 0.2) is 65.2 Å². The van der Waals surface area contributed by atoms with Crippen LogP contribution >= 0.6 is 0 Å². The number of aromatic nitrogens is 2. The molecule has 0 aliphatic carbocycles. The summed E-state index contributed by atoms with van der Waals surface area (Å²) >= 11 is 0. The normalized spacial score (nSPS) is 12.3. The molecule has 3 aromatic rings. The SMILES string of the molecule is NC(=O)C[C@H](NC(=O)CCC(F)(F)Cc1ccccc1)c1noc(-c2ccccc2)n1. The molecule has 1 atom stereocenters. The van der Waals surface area contributed by atoms with E-state index in [-0.39, 0.29) is 18.1 Å². The number of carbonyl (C=O) groups excluding carboxylic acids is 2. The van der Waals surface area contributed by atoms with Crippen LogP contribution in [-0.2, 0) is 16.0 Å². The van der Waals surface area contributed by atoms with Gasteiger partial charge in [-0.05, 0) is 17.7 Å². The lowest BCUT2D eigenvalue weighted by molar-refractivity contribution is -0.124. The van der Waals surface area contributed by atoms with Crippen LogP contribution in [0.1, 0.15) is 36.7 Å². The fraction of sp³-hybridized carbons (Fsp3) is 0.273. The van der Waals surface area contributed by atoms with Crippen molar-refractivity contribution in [3.63, 3.8) is 0 Å². The highest BCUT2D eigenvalue weighted by Gasteiger charge is 2.31. The zero-order valence-electron chi connectivity index (χ0n) is 16.6. The van der Waals surface area contributed by atoms with Gasteiger partial charge in [-0.2, -0.15) is 4.98 Å². The lowest BCUT2D eigenvalue weighted by atomic mass is 10.0. The number of amides is 2. The fourth-order valence-corrected chi connectivity index (χ4v) is 3.03. The number of nitrogens with two attached hydrogens (primary N) is 1. The van der Waals surface area contributed by atoms with E-state index in [1.807, 2.05) is 6.07 Å². The monoisotopic (exact) mass is 428 g/mol. The molecule has 0 fully saturated rings. The molecule has 0 radical (unpaired) electrons. The maximum absolute atomic E-state index is 14.2. The summed E-state index contributed by atoms with van der Waals surface area (Å²) < 4.78 is 33.7. The number of hydrogen-bond donors (Lipinski definition) is 2. The van der Waals surface area contributed by atoms with Gasteiger partial charge >= 0.3 is 0 Å². The Kier molecular flexibility index (Phi) is 7.07. The number of hydrogen-bond acceptors (Lipinski definition) is 5. The van der Waals surface area contributed by atoms with Gasteiger partial charge in [0.2, 0.25) is 11.8 Å². The standard InChI is InChI=1S/C22H22F2N4O3/c23-22(24,14-15-7-3-1-4-8-15)12-11-19(30)26-17(13-18(25)29)20-27-21(31-28-20)16-9-5-2-6-10-16/h1-10,17H,11-14H2,(H2,25,29)(H,26,30)/t17-/m0/s1. The highest BCUT2D eigenvalue weighted by atomic mass is 19.3. The number of rotatable bonds is 10. The second-order valence-electron chi connectivity index (χ2n) is 7.13. The van der Waals surface area contributed by atoms with Crippen molar-refractivity contribution in [3.8, 4) is 11.5 Å². The molecular weight excluding hydrogens is 406 g/mol. The summed E-state index contributed by atoms with van der Waals surface area (Å²) in [4.78, 5) is 27.9. The van der Waals surface area contributed by atoms with E-state index in [1.54, 1.807) is 54.6 Å². The third kappa shape index (κ3) is 6.70. The van der Waals surface area contributed by atoms with Gasteiger partial charge in [-0.15, -0.1) is 0 Å². The summed E-state index contributed by atoms with van der Waals surface area (Å²) in [6.45, 7) is 0. The molecule has 7 nitrogen and oxygen atoms in total. The predicted octanol–water partition coefficient (Wildman–Crippen LogP) is 3.43. The highest BCUT2D eigenvalue weighted by Crippen LogP contribution is 2.26. The van der Waals surface area contributed by atoms with Gasteiger partial charge in [0.1, 0.15) is 6.04 Å². The minimum Gasteiger partial charge on any atom is -0.370 e. The third-order valence-corrected chi connectivity index (χ3v) is 4.54. The summed E-state index contributed by atoms with van der Waals surface area (Å²) in [5.74, 6) is -4.17. The van der Waals surface area contributed by atoms with Crippen molar-refractivity contribution in [3.05, 3.63) is 72.1 Å². The third-order valence-electron chi connectivity index (χ3n) is 4.54. The van der Waals surface area contributed by atoms with Gasteiger partial charge < -0.3 is 15.6 Å². The van der Waals surface area contributed by atoms with Crippen molar-refractivity contribution >= 4 is 11.8 Å². The van der Waals surface area contributed by atoms with Crippen LogP contribution in [0.5, 0.6) is 0 Å². The molecule has 0 aliphatic heterocycles. The van der Waals surface area contributed by atoms with Crippen molar-refractivity contribution in [2.24, 2.45) is 5.73 Å². The largest absolute Gasteiger partial charge is 0.370 e. The molecule has 0 saturated heterocycles. The van der Waals surface area contributed by atoms with Crippen LogP contribution in [0.25, 0.3) is 11.5 Å². The van der Waals surface area contributed by atoms with Crippen molar-refractivity contribution < 1.29 is 22.9 Å². The molecule has 1 heterocycles. The number of carbonyl (C=O) groups is 2. The molecule has 3 N–H and O–H groups in total. The molecule has 0 aliphatic rings. The van der Waals surface area contributed by atoms with E-state index >= 15 is 0 Å². The molecular formula is C22H22F2N4O3. The number of primary amides is 1. The Morgan fingerprint density at radius 1 is 1.06 bits per heavy atom. The van der Waals surface area contributed by atoms with E-state index in [4.69, 9.17) is 10.3 Å². The Bertz CT molecular complexity index is 1010. The summed E-state index contributed by atoms with van der Waals surface area (Å²) in [7, 11) is 0. The van der Waals surface area contributed by atoms with Gasteiger partial charge in [0.05, 0.1) is 6.42 Å². The Morgan fingerprint density at radius 3 is 2.35 bits per heavy atom. The van der Waals surface area contributed by atoms with Crippen LogP contribution in [0.4, 0.5) is 8.78 Å². The Balaban J connectivity index is 1.62. The zero-order chi connectivity index (χ0) is 22.3. The maximum Gasteiger partial charge on any atom is 0.257 e. The van der Waals surface area contributed by atoms with Gasteiger partial charge in [-0.3, -0.25) is 9.59 Å².